The molecule has 1 aliphatic heterocycles. The topological polar surface area (TPSA) is 137 Å². The molecule has 1 aliphatic rings. The molecule has 0 bridgehead atoms. The highest BCUT2D eigenvalue weighted by Gasteiger charge is 2.42. The predicted molar refractivity (Wildman–Crippen MR) is 103 cm³/mol. The summed E-state index contributed by atoms with van der Waals surface area (Å²) in [5.74, 6) is -0.757. The van der Waals surface area contributed by atoms with Crippen LogP contribution in [0.25, 0.3) is 0 Å². The summed E-state index contributed by atoms with van der Waals surface area (Å²) in [7, 11) is 1.27. The van der Waals surface area contributed by atoms with Crippen LogP contribution >= 0.6 is 11.3 Å². The second kappa shape index (κ2) is 7.08. The Morgan fingerprint density at radius 1 is 1.36 bits per heavy atom. The maximum atomic E-state index is 12.8. The molecule has 3 N–H and O–H groups in total. The molecule has 11 heteroatoms. The molecule has 2 aromatic rings. The minimum Gasteiger partial charge on any atom is -0.474 e. The second-order valence-electron chi connectivity index (χ2n) is 6.53. The number of carbonyl (C=O) groups excluding carboxylic acids is 3. The average molecular weight is 405 g/mol. The summed E-state index contributed by atoms with van der Waals surface area (Å²) in [6.45, 7) is 4.52. The Balaban J connectivity index is 1.83. The lowest BCUT2D eigenvalue weighted by Gasteiger charge is -2.37. The number of carbonyl (C=O) groups is 3. The Morgan fingerprint density at radius 2 is 2.07 bits per heavy atom. The van der Waals surface area contributed by atoms with Gasteiger partial charge in [0.25, 0.3) is 5.91 Å². The van der Waals surface area contributed by atoms with Crippen LogP contribution in [0.15, 0.2) is 12.1 Å². The zero-order valence-corrected chi connectivity index (χ0v) is 16.5. The first-order valence-corrected chi connectivity index (χ1v) is 9.07. The van der Waals surface area contributed by atoms with Gasteiger partial charge in [0.2, 0.25) is 5.91 Å². The minimum atomic E-state index is -1.17. The van der Waals surface area contributed by atoms with E-state index >= 15 is 0 Å². The number of nitrogens with one attached hydrogen (secondary N) is 1. The number of ether oxygens (including phenoxy) is 2. The quantitative estimate of drug-likeness (QED) is 0.728. The smallest absolute Gasteiger partial charge is 0.350 e. The van der Waals surface area contributed by atoms with Crippen LogP contribution in [0.4, 0.5) is 16.8 Å². The molecule has 148 valence electrons. The van der Waals surface area contributed by atoms with Crippen LogP contribution in [-0.2, 0) is 14.3 Å². The summed E-state index contributed by atoms with van der Waals surface area (Å²) >= 11 is 0.990. The van der Waals surface area contributed by atoms with E-state index in [0.717, 1.165) is 11.3 Å². The zero-order chi connectivity index (χ0) is 20.6. The number of thiazole rings is 1. The lowest BCUT2D eigenvalue weighted by atomic mass is 10.1. The third kappa shape index (κ3) is 3.60. The van der Waals surface area contributed by atoms with Gasteiger partial charge >= 0.3 is 5.97 Å². The van der Waals surface area contributed by atoms with Crippen LogP contribution in [0.1, 0.15) is 29.2 Å². The van der Waals surface area contributed by atoms with Crippen molar-refractivity contribution < 1.29 is 23.9 Å². The summed E-state index contributed by atoms with van der Waals surface area (Å²) in [6, 6.07) is 3.15. The number of esters is 1. The number of rotatable bonds is 4. The zero-order valence-electron chi connectivity index (χ0n) is 15.7. The maximum absolute atomic E-state index is 12.8. The van der Waals surface area contributed by atoms with E-state index in [0.29, 0.717) is 16.3 Å². The molecule has 0 unspecified atom stereocenters. The van der Waals surface area contributed by atoms with Gasteiger partial charge in [0.1, 0.15) is 17.2 Å². The Labute approximate surface area is 164 Å². The van der Waals surface area contributed by atoms with Crippen molar-refractivity contribution in [1.29, 1.82) is 0 Å². The van der Waals surface area contributed by atoms with Crippen LogP contribution < -0.4 is 20.7 Å². The number of aromatic nitrogens is 2. The first-order chi connectivity index (χ1) is 13.1. The van der Waals surface area contributed by atoms with Gasteiger partial charge in [-0.3, -0.25) is 14.5 Å². The number of nitrogen functional groups attached to an aromatic ring is 1. The van der Waals surface area contributed by atoms with Gasteiger partial charge in [0.05, 0.1) is 12.8 Å². The van der Waals surface area contributed by atoms with Crippen molar-refractivity contribution in [2.24, 2.45) is 0 Å². The van der Waals surface area contributed by atoms with Crippen LogP contribution in [0.5, 0.6) is 5.75 Å². The van der Waals surface area contributed by atoms with Crippen molar-refractivity contribution in [3.8, 4) is 5.75 Å². The molecule has 28 heavy (non-hydrogen) atoms. The summed E-state index contributed by atoms with van der Waals surface area (Å²) in [4.78, 5) is 46.8. The molecular weight excluding hydrogens is 386 g/mol. The molecule has 0 saturated heterocycles. The fraction of sp³-hybridized carbons (Fsp3) is 0.353. The number of pyridine rings is 1. The van der Waals surface area contributed by atoms with E-state index in [1.54, 1.807) is 32.9 Å². The third-order valence-electron chi connectivity index (χ3n) is 3.96. The fourth-order valence-electron chi connectivity index (χ4n) is 2.64. The highest BCUT2D eigenvalue weighted by atomic mass is 32.1. The van der Waals surface area contributed by atoms with Gasteiger partial charge in [-0.15, -0.1) is 0 Å². The SMILES string of the molecule is COC(=O)c1sc(NC(=O)CN2C(=O)C(C)(C)Oc3ccc(N)nc32)nc1C. The first kappa shape index (κ1) is 19.5. The number of nitrogens with zero attached hydrogens (tertiary/aromatic N) is 3. The number of nitrogens with two attached hydrogens (primary N) is 1. The van der Waals surface area contributed by atoms with Gasteiger partial charge < -0.3 is 20.5 Å². The van der Waals surface area contributed by atoms with E-state index in [1.165, 1.54) is 12.0 Å². The Morgan fingerprint density at radius 3 is 2.75 bits per heavy atom. The molecule has 0 fully saturated rings. The largest absolute Gasteiger partial charge is 0.474 e. The summed E-state index contributed by atoms with van der Waals surface area (Å²) in [6.07, 6.45) is 0. The van der Waals surface area contributed by atoms with Crippen LogP contribution in [0, 0.1) is 6.92 Å². The first-order valence-electron chi connectivity index (χ1n) is 8.25. The second-order valence-corrected chi connectivity index (χ2v) is 7.53. The Kier molecular flexibility index (Phi) is 4.94. The normalized spacial score (nSPS) is 14.9. The van der Waals surface area contributed by atoms with Crippen LogP contribution in [-0.4, -0.2) is 47.0 Å². The van der Waals surface area contributed by atoms with Gasteiger partial charge in [0.15, 0.2) is 22.3 Å². The average Bonchev–Trinajstić information content (AvgIpc) is 2.99. The highest BCUT2D eigenvalue weighted by Crippen LogP contribution is 2.36. The molecular formula is C17H19N5O5S. The number of amides is 2. The number of fused-ring (bicyclic) bond motifs is 1. The maximum Gasteiger partial charge on any atom is 0.350 e. The van der Waals surface area contributed by atoms with Crippen molar-refractivity contribution in [2.75, 3.05) is 29.6 Å². The number of hydrogen-bond donors (Lipinski definition) is 2. The number of anilines is 3. The van der Waals surface area contributed by atoms with Crippen molar-refractivity contribution in [3.05, 3.63) is 22.7 Å². The summed E-state index contributed by atoms with van der Waals surface area (Å²) < 4.78 is 10.3. The summed E-state index contributed by atoms with van der Waals surface area (Å²) in [5.41, 5.74) is 4.99. The molecule has 3 heterocycles. The van der Waals surface area contributed by atoms with Gasteiger partial charge in [-0.25, -0.2) is 14.8 Å². The summed E-state index contributed by atoms with van der Waals surface area (Å²) in [5, 5.41) is 2.82. The van der Waals surface area contributed by atoms with Crippen molar-refractivity contribution >= 4 is 45.9 Å². The van der Waals surface area contributed by atoms with E-state index in [1.807, 2.05) is 0 Å². The molecule has 0 aliphatic carbocycles. The lowest BCUT2D eigenvalue weighted by Crippen LogP contribution is -2.54. The number of methoxy groups -OCH3 is 1. The molecule has 0 saturated carbocycles. The van der Waals surface area contributed by atoms with Crippen LogP contribution in [0.3, 0.4) is 0 Å². The Bertz CT molecular complexity index is 971. The van der Waals surface area contributed by atoms with E-state index < -0.39 is 23.4 Å². The highest BCUT2D eigenvalue weighted by molar-refractivity contribution is 7.17. The van der Waals surface area contributed by atoms with E-state index in [9.17, 15) is 14.4 Å². The van der Waals surface area contributed by atoms with Crippen LogP contribution in [0.2, 0.25) is 0 Å². The van der Waals surface area contributed by atoms with Gasteiger partial charge in [-0.1, -0.05) is 11.3 Å². The lowest BCUT2D eigenvalue weighted by molar-refractivity contribution is -0.133. The molecule has 0 aromatic carbocycles. The van der Waals surface area contributed by atoms with Crippen molar-refractivity contribution in [3.63, 3.8) is 0 Å². The predicted octanol–water partition coefficient (Wildman–Crippen LogP) is 1.36. The molecule has 0 atom stereocenters. The monoisotopic (exact) mass is 405 g/mol. The standard InChI is InChI=1S/C17H19N5O5S/c1-8-12(14(24)26-4)28-16(19-8)21-11(23)7-22-13-9(5-6-10(18)20-13)27-17(2,3)15(22)25/h5-6H,7H2,1-4H3,(H2,18,20)(H,19,21,23). The number of hydrogen-bond acceptors (Lipinski definition) is 9. The van der Waals surface area contributed by atoms with Crippen molar-refractivity contribution in [1.82, 2.24) is 9.97 Å². The molecule has 10 nitrogen and oxygen atoms in total. The fourth-order valence-corrected chi connectivity index (χ4v) is 3.54. The van der Waals surface area contributed by atoms with E-state index in [-0.39, 0.29) is 23.3 Å². The van der Waals surface area contributed by atoms with E-state index in [2.05, 4.69) is 20.0 Å². The molecule has 3 rings (SSSR count). The molecule has 0 spiro atoms. The van der Waals surface area contributed by atoms with Gasteiger partial charge in [-0.2, -0.15) is 0 Å². The minimum absolute atomic E-state index is 0.171. The van der Waals surface area contributed by atoms with Gasteiger partial charge in [0, 0.05) is 0 Å². The molecule has 2 aromatic heterocycles. The Hall–Kier alpha value is -3.21. The van der Waals surface area contributed by atoms with Gasteiger partial charge in [-0.05, 0) is 32.9 Å². The molecule has 0 radical (unpaired) electrons. The third-order valence-corrected chi connectivity index (χ3v) is 5.01. The molecule has 2 amide bonds. The van der Waals surface area contributed by atoms with Crippen molar-refractivity contribution in [2.45, 2.75) is 26.4 Å². The van der Waals surface area contributed by atoms with E-state index in [4.69, 9.17) is 10.5 Å². The number of aryl methyl sites for hydroxylation is 1.